The number of amides is 1. The van der Waals surface area contributed by atoms with E-state index in [4.69, 9.17) is 9.47 Å². The van der Waals surface area contributed by atoms with Crippen molar-refractivity contribution in [3.8, 4) is 11.5 Å². The molecule has 4 heterocycles. The van der Waals surface area contributed by atoms with Gasteiger partial charge >= 0.3 is 0 Å². The molecule has 6 rings (SSSR count). The predicted octanol–water partition coefficient (Wildman–Crippen LogP) is 2.83. The molecule has 0 radical (unpaired) electrons. The van der Waals surface area contributed by atoms with E-state index < -0.39 is 6.04 Å². The van der Waals surface area contributed by atoms with Crippen LogP contribution in [-0.2, 0) is 17.9 Å². The van der Waals surface area contributed by atoms with E-state index in [9.17, 15) is 14.7 Å². The van der Waals surface area contributed by atoms with E-state index >= 15 is 0 Å². The molecule has 0 unspecified atom stereocenters. The third-order valence-corrected chi connectivity index (χ3v) is 8.25. The number of pyridine rings is 1. The van der Waals surface area contributed by atoms with Gasteiger partial charge in [0.2, 0.25) is 12.7 Å². The van der Waals surface area contributed by atoms with Gasteiger partial charge in [0.15, 0.2) is 11.5 Å². The van der Waals surface area contributed by atoms with Crippen LogP contribution in [0, 0.1) is 11.8 Å². The number of rotatable bonds is 6. The Hall–Kier alpha value is -3.10. The maximum atomic E-state index is 13.6. The molecule has 190 valence electrons. The van der Waals surface area contributed by atoms with Crippen molar-refractivity contribution in [3.05, 3.63) is 63.6 Å². The molecule has 2 aromatic rings. The first-order chi connectivity index (χ1) is 17.6. The number of hydrogen-bond acceptors (Lipinski definition) is 6. The standard InChI is InChI=1S/C28H33N3O5/c1-2-29-27(33)26-21(15-32)20-14-30-22(10-9-19(28(30)34)18-6-4-3-5-7-18)25(20)31(26)13-17-8-11-23-24(12-17)36-16-35-23/h6,8-12,20-21,25-26,32H,2-5,7,13-16H2,1H3,(H,29,33)/t20-,21-,25+,26-/m0/s1. The summed E-state index contributed by atoms with van der Waals surface area (Å²) in [5, 5.41) is 13.5. The van der Waals surface area contributed by atoms with Crippen molar-refractivity contribution in [1.82, 2.24) is 14.8 Å². The number of ether oxygens (including phenoxy) is 2. The highest BCUT2D eigenvalue weighted by Gasteiger charge is 2.55. The average molecular weight is 492 g/mol. The van der Waals surface area contributed by atoms with Gasteiger partial charge in [-0.05, 0) is 68.0 Å². The molecule has 8 heteroatoms. The van der Waals surface area contributed by atoms with Crippen molar-refractivity contribution in [2.45, 2.75) is 57.8 Å². The van der Waals surface area contributed by atoms with Crippen LogP contribution < -0.4 is 20.3 Å². The second-order valence-electron chi connectivity index (χ2n) is 10.2. The quantitative estimate of drug-likeness (QED) is 0.646. The Kier molecular flexibility index (Phi) is 6.09. The molecule has 8 nitrogen and oxygen atoms in total. The third kappa shape index (κ3) is 3.74. The van der Waals surface area contributed by atoms with E-state index in [0.29, 0.717) is 31.1 Å². The molecule has 0 bridgehead atoms. The molecule has 1 saturated heterocycles. The molecule has 1 aromatic carbocycles. The molecule has 1 amide bonds. The number of nitrogens with zero attached hydrogens (tertiary/aromatic N) is 2. The number of fused-ring (bicyclic) bond motifs is 4. The average Bonchev–Trinajstić information content (AvgIpc) is 3.58. The summed E-state index contributed by atoms with van der Waals surface area (Å²) in [4.78, 5) is 29.1. The number of aliphatic hydroxyl groups is 1. The monoisotopic (exact) mass is 491 g/mol. The molecule has 4 atom stereocenters. The number of carbonyl (C=O) groups is 1. The predicted molar refractivity (Wildman–Crippen MR) is 135 cm³/mol. The van der Waals surface area contributed by atoms with E-state index in [1.807, 2.05) is 35.8 Å². The zero-order chi connectivity index (χ0) is 24.8. The molecule has 1 aromatic heterocycles. The highest BCUT2D eigenvalue weighted by molar-refractivity contribution is 5.82. The number of hydrogen-bond donors (Lipinski definition) is 2. The van der Waals surface area contributed by atoms with Crippen molar-refractivity contribution >= 4 is 11.5 Å². The van der Waals surface area contributed by atoms with Gasteiger partial charge in [-0.1, -0.05) is 12.1 Å². The summed E-state index contributed by atoms with van der Waals surface area (Å²) >= 11 is 0. The SMILES string of the molecule is CCNC(=O)[C@@H]1[C@@H](CO)[C@@H]2Cn3c(ccc(C4=CCCCC4)c3=O)[C@@H]2N1Cc1ccc2c(c1)OCO2. The van der Waals surface area contributed by atoms with Gasteiger partial charge in [0.05, 0.1) is 12.1 Å². The highest BCUT2D eigenvalue weighted by atomic mass is 16.7. The summed E-state index contributed by atoms with van der Waals surface area (Å²) in [5.41, 5.74) is 3.91. The molecule has 4 aliphatic rings. The maximum Gasteiger partial charge on any atom is 0.258 e. The smallest absolute Gasteiger partial charge is 0.258 e. The molecule has 1 aliphatic carbocycles. The maximum absolute atomic E-state index is 13.6. The summed E-state index contributed by atoms with van der Waals surface area (Å²) in [6, 6.07) is 9.26. The van der Waals surface area contributed by atoms with E-state index in [-0.39, 0.29) is 42.7 Å². The molecule has 1 fully saturated rings. The fourth-order valence-corrected chi connectivity index (χ4v) is 6.64. The van der Waals surface area contributed by atoms with Crippen LogP contribution >= 0.6 is 0 Å². The van der Waals surface area contributed by atoms with Gasteiger partial charge in [0, 0.05) is 49.3 Å². The molecule has 0 saturated carbocycles. The zero-order valence-electron chi connectivity index (χ0n) is 20.6. The van der Waals surface area contributed by atoms with Gasteiger partial charge in [-0.25, -0.2) is 0 Å². The Bertz CT molecular complexity index is 1270. The van der Waals surface area contributed by atoms with Crippen molar-refractivity contribution < 1.29 is 19.4 Å². The second kappa shape index (κ2) is 9.41. The third-order valence-electron chi connectivity index (χ3n) is 8.25. The zero-order valence-corrected chi connectivity index (χ0v) is 20.6. The lowest BCUT2D eigenvalue weighted by molar-refractivity contribution is -0.127. The number of aromatic nitrogens is 1. The molecular weight excluding hydrogens is 458 g/mol. The molecule has 36 heavy (non-hydrogen) atoms. The summed E-state index contributed by atoms with van der Waals surface area (Å²) in [7, 11) is 0. The van der Waals surface area contributed by atoms with Crippen molar-refractivity contribution in [1.29, 1.82) is 0 Å². The van der Waals surface area contributed by atoms with Crippen LogP contribution in [0.2, 0.25) is 0 Å². The van der Waals surface area contributed by atoms with Crippen LogP contribution in [0.3, 0.4) is 0 Å². The topological polar surface area (TPSA) is 93.0 Å². The Balaban J connectivity index is 1.40. The van der Waals surface area contributed by atoms with Gasteiger partial charge in [-0.3, -0.25) is 14.5 Å². The number of aliphatic hydroxyl groups excluding tert-OH is 1. The van der Waals surface area contributed by atoms with Crippen molar-refractivity contribution in [3.63, 3.8) is 0 Å². The van der Waals surface area contributed by atoms with Gasteiger partial charge < -0.3 is 24.5 Å². The summed E-state index contributed by atoms with van der Waals surface area (Å²) in [5.74, 6) is 1.04. The van der Waals surface area contributed by atoms with Crippen LogP contribution in [0.15, 0.2) is 41.2 Å². The normalized spacial score (nSPS) is 26.4. The van der Waals surface area contributed by atoms with Crippen LogP contribution in [0.5, 0.6) is 11.5 Å². The van der Waals surface area contributed by atoms with E-state index in [2.05, 4.69) is 22.4 Å². The number of carbonyl (C=O) groups excluding carboxylic acids is 1. The summed E-state index contributed by atoms with van der Waals surface area (Å²) in [6.07, 6.45) is 6.45. The number of benzene rings is 1. The fraction of sp³-hybridized carbons (Fsp3) is 0.500. The number of likely N-dealkylation sites (tertiary alicyclic amines) is 1. The lowest BCUT2D eigenvalue weighted by Crippen LogP contribution is -2.48. The molecule has 2 N–H and O–H groups in total. The van der Waals surface area contributed by atoms with Crippen LogP contribution in [0.25, 0.3) is 5.57 Å². The van der Waals surface area contributed by atoms with Crippen molar-refractivity contribution in [2.75, 3.05) is 19.9 Å². The van der Waals surface area contributed by atoms with Gasteiger partial charge in [0.1, 0.15) is 0 Å². The molecular formula is C28H33N3O5. The highest BCUT2D eigenvalue weighted by Crippen LogP contribution is 2.50. The Morgan fingerprint density at radius 3 is 2.81 bits per heavy atom. The molecule has 3 aliphatic heterocycles. The minimum Gasteiger partial charge on any atom is -0.454 e. The van der Waals surface area contributed by atoms with E-state index in [1.165, 1.54) is 6.42 Å². The van der Waals surface area contributed by atoms with Gasteiger partial charge in [-0.15, -0.1) is 0 Å². The van der Waals surface area contributed by atoms with Crippen LogP contribution in [0.1, 0.15) is 55.5 Å². The van der Waals surface area contributed by atoms with Gasteiger partial charge in [-0.2, -0.15) is 0 Å². The minimum absolute atomic E-state index is 0.0279. The first-order valence-electron chi connectivity index (χ1n) is 13.1. The fourth-order valence-electron chi connectivity index (χ4n) is 6.64. The van der Waals surface area contributed by atoms with Crippen LogP contribution in [0.4, 0.5) is 0 Å². The summed E-state index contributed by atoms with van der Waals surface area (Å²) in [6.45, 7) is 3.53. The Morgan fingerprint density at radius 1 is 1.17 bits per heavy atom. The number of likely N-dealkylation sites (N-methyl/N-ethyl adjacent to an activating group) is 1. The second-order valence-corrected chi connectivity index (χ2v) is 10.2. The van der Waals surface area contributed by atoms with E-state index in [0.717, 1.165) is 41.7 Å². The lowest BCUT2D eigenvalue weighted by Gasteiger charge is -2.31. The first kappa shape index (κ1) is 23.3. The Morgan fingerprint density at radius 2 is 2.03 bits per heavy atom. The summed E-state index contributed by atoms with van der Waals surface area (Å²) < 4.78 is 12.9. The van der Waals surface area contributed by atoms with Gasteiger partial charge in [0.25, 0.3) is 5.56 Å². The number of nitrogens with one attached hydrogen (secondary N) is 1. The first-order valence-corrected chi connectivity index (χ1v) is 13.1. The minimum atomic E-state index is -0.486. The van der Waals surface area contributed by atoms with E-state index in [1.54, 1.807) is 0 Å². The molecule has 0 spiro atoms. The van der Waals surface area contributed by atoms with Crippen LogP contribution in [-0.4, -0.2) is 46.5 Å². The largest absolute Gasteiger partial charge is 0.454 e. The Labute approximate surface area is 210 Å². The van der Waals surface area contributed by atoms with Crippen molar-refractivity contribution in [2.24, 2.45) is 11.8 Å². The number of allylic oxidation sites excluding steroid dienone is 2. The lowest BCUT2D eigenvalue weighted by atomic mass is 9.88.